The average molecular weight is 478 g/mol. The maximum Gasteiger partial charge on any atom is 0.307 e. The minimum absolute atomic E-state index is 0.0464. The Morgan fingerprint density at radius 1 is 1.31 bits per heavy atom. The maximum absolute atomic E-state index is 11.1. The highest BCUT2D eigenvalue weighted by Gasteiger charge is 2.27. The summed E-state index contributed by atoms with van der Waals surface area (Å²) in [6.45, 7) is 2.36. The van der Waals surface area contributed by atoms with Crippen LogP contribution in [0, 0.1) is 10.8 Å². The normalized spacial score (nSPS) is 14.2. The molecule has 2 aromatic carbocycles. The van der Waals surface area contributed by atoms with Crippen LogP contribution in [-0.4, -0.2) is 28.5 Å². The summed E-state index contributed by atoms with van der Waals surface area (Å²) in [6, 6.07) is 8.36. The predicted molar refractivity (Wildman–Crippen MR) is 127 cm³/mol. The van der Waals surface area contributed by atoms with Crippen LogP contribution in [-0.2, 0) is 17.6 Å². The van der Waals surface area contributed by atoms with Gasteiger partial charge >= 0.3 is 5.97 Å². The molecule has 0 amide bonds. The fourth-order valence-electron chi connectivity index (χ4n) is 3.57. The molecule has 1 aliphatic carbocycles. The number of aliphatic carboxylic acids is 1. The quantitative estimate of drug-likeness (QED) is 0.197. The highest BCUT2D eigenvalue weighted by atomic mass is 35.5. The van der Waals surface area contributed by atoms with Gasteiger partial charge in [-0.25, -0.2) is 0 Å². The first-order chi connectivity index (χ1) is 15.4. The van der Waals surface area contributed by atoms with Crippen molar-refractivity contribution in [1.29, 1.82) is 0 Å². The molecule has 1 fully saturated rings. The first-order valence-electron chi connectivity index (χ1n) is 10.9. The SMILES string of the molecule is CCC(N=O)c1ccc(OCCCSc2ccc(CC(=O)O)cc2Cl)c(CC2CC2)c1O. The van der Waals surface area contributed by atoms with Crippen molar-refractivity contribution in [1.82, 2.24) is 0 Å². The van der Waals surface area contributed by atoms with Gasteiger partial charge in [0, 0.05) is 21.8 Å². The molecule has 0 radical (unpaired) electrons. The maximum atomic E-state index is 11.1. The van der Waals surface area contributed by atoms with Crippen molar-refractivity contribution in [2.24, 2.45) is 11.1 Å². The van der Waals surface area contributed by atoms with Gasteiger partial charge in [-0.15, -0.1) is 11.8 Å². The van der Waals surface area contributed by atoms with Crippen LogP contribution in [0.25, 0.3) is 0 Å². The van der Waals surface area contributed by atoms with Crippen molar-refractivity contribution >= 4 is 29.3 Å². The highest BCUT2D eigenvalue weighted by molar-refractivity contribution is 7.99. The summed E-state index contributed by atoms with van der Waals surface area (Å²) in [4.78, 5) is 22.9. The lowest BCUT2D eigenvalue weighted by atomic mass is 9.97. The Hall–Kier alpha value is -2.25. The molecule has 1 saturated carbocycles. The van der Waals surface area contributed by atoms with Crippen LogP contribution in [0.1, 0.15) is 55.3 Å². The van der Waals surface area contributed by atoms with E-state index in [1.165, 1.54) is 0 Å². The van der Waals surface area contributed by atoms with Crippen molar-refractivity contribution in [2.45, 2.75) is 56.4 Å². The number of nitroso groups, excluding NO2 is 1. The zero-order chi connectivity index (χ0) is 23.1. The number of carbonyl (C=O) groups is 1. The summed E-state index contributed by atoms with van der Waals surface area (Å²) in [7, 11) is 0. The van der Waals surface area contributed by atoms with Crippen molar-refractivity contribution in [3.8, 4) is 11.5 Å². The van der Waals surface area contributed by atoms with Crippen LogP contribution < -0.4 is 4.74 Å². The monoisotopic (exact) mass is 477 g/mol. The van der Waals surface area contributed by atoms with Gasteiger partial charge in [0.1, 0.15) is 17.5 Å². The minimum atomic E-state index is -0.883. The van der Waals surface area contributed by atoms with Gasteiger partial charge in [0.05, 0.1) is 18.1 Å². The zero-order valence-electron chi connectivity index (χ0n) is 18.1. The fourth-order valence-corrected chi connectivity index (χ4v) is 4.78. The molecule has 32 heavy (non-hydrogen) atoms. The molecule has 1 unspecified atom stereocenters. The molecular formula is C24H28ClNO5S. The Kier molecular flexibility index (Phi) is 8.82. The van der Waals surface area contributed by atoms with Gasteiger partial charge < -0.3 is 14.9 Å². The molecule has 3 rings (SSSR count). The van der Waals surface area contributed by atoms with E-state index in [1.807, 2.05) is 19.1 Å². The molecule has 0 bridgehead atoms. The Morgan fingerprint density at radius 3 is 2.72 bits per heavy atom. The van der Waals surface area contributed by atoms with Gasteiger partial charge in [0.25, 0.3) is 0 Å². The number of aromatic hydroxyl groups is 1. The number of halogens is 1. The number of hydrogen-bond donors (Lipinski definition) is 2. The molecular weight excluding hydrogens is 450 g/mol. The molecule has 0 aliphatic heterocycles. The van der Waals surface area contributed by atoms with Gasteiger partial charge in [-0.05, 0) is 67.9 Å². The third kappa shape index (κ3) is 6.62. The van der Waals surface area contributed by atoms with Crippen molar-refractivity contribution in [3.63, 3.8) is 0 Å². The van der Waals surface area contributed by atoms with Crippen LogP contribution in [0.3, 0.4) is 0 Å². The second kappa shape index (κ2) is 11.6. The van der Waals surface area contributed by atoms with E-state index in [-0.39, 0.29) is 12.2 Å². The third-order valence-corrected chi connectivity index (χ3v) is 7.07. The van der Waals surface area contributed by atoms with Crippen LogP contribution in [0.15, 0.2) is 40.4 Å². The van der Waals surface area contributed by atoms with Gasteiger partial charge in [-0.1, -0.05) is 29.8 Å². The Balaban J connectivity index is 1.57. The van der Waals surface area contributed by atoms with Crippen LogP contribution in [0.2, 0.25) is 5.02 Å². The Morgan fingerprint density at radius 2 is 2.09 bits per heavy atom. The summed E-state index contributed by atoms with van der Waals surface area (Å²) in [5, 5.41) is 23.4. The van der Waals surface area contributed by atoms with E-state index in [1.54, 1.807) is 30.0 Å². The number of rotatable bonds is 13. The van der Waals surface area contributed by atoms with Gasteiger partial charge in [0.2, 0.25) is 0 Å². The first-order valence-corrected chi connectivity index (χ1v) is 12.2. The van der Waals surface area contributed by atoms with Crippen molar-refractivity contribution in [3.05, 3.63) is 57.0 Å². The Bertz CT molecular complexity index is 964. The number of phenolic OH excluding ortho intramolecular Hbond substituents is 1. The van der Waals surface area contributed by atoms with E-state index in [9.17, 15) is 14.8 Å². The molecule has 2 N–H and O–H groups in total. The number of carboxylic acid groups (broad SMARTS) is 1. The van der Waals surface area contributed by atoms with Crippen LogP contribution in [0.5, 0.6) is 11.5 Å². The van der Waals surface area contributed by atoms with E-state index in [0.717, 1.165) is 41.9 Å². The molecule has 6 nitrogen and oxygen atoms in total. The van der Waals surface area contributed by atoms with E-state index in [4.69, 9.17) is 21.4 Å². The summed E-state index contributed by atoms with van der Waals surface area (Å²) in [5.41, 5.74) is 2.02. The lowest BCUT2D eigenvalue weighted by Crippen LogP contribution is -2.05. The predicted octanol–water partition coefficient (Wildman–Crippen LogP) is 6.40. The zero-order valence-corrected chi connectivity index (χ0v) is 19.6. The van der Waals surface area contributed by atoms with E-state index in [0.29, 0.717) is 40.8 Å². The average Bonchev–Trinajstić information content (AvgIpc) is 3.57. The lowest BCUT2D eigenvalue weighted by Gasteiger charge is -2.17. The molecule has 1 atom stereocenters. The van der Waals surface area contributed by atoms with Gasteiger partial charge in [0.15, 0.2) is 0 Å². The molecule has 1 aliphatic rings. The van der Waals surface area contributed by atoms with E-state index < -0.39 is 12.0 Å². The largest absolute Gasteiger partial charge is 0.507 e. The number of nitrogens with zero attached hydrogens (tertiary/aromatic N) is 1. The number of thioether (sulfide) groups is 1. The number of hydrogen-bond acceptors (Lipinski definition) is 6. The van der Waals surface area contributed by atoms with Crippen LogP contribution in [0.4, 0.5) is 0 Å². The first kappa shape index (κ1) is 24.4. The summed E-state index contributed by atoms with van der Waals surface area (Å²) in [6.07, 6.45) is 4.31. The Labute approximate surface area is 197 Å². The van der Waals surface area contributed by atoms with E-state index in [2.05, 4.69) is 5.18 Å². The molecule has 0 aromatic heterocycles. The third-order valence-electron chi connectivity index (χ3n) is 5.49. The lowest BCUT2D eigenvalue weighted by molar-refractivity contribution is -0.136. The second-order valence-electron chi connectivity index (χ2n) is 8.04. The number of phenols is 1. The van der Waals surface area contributed by atoms with Crippen LogP contribution >= 0.6 is 23.4 Å². The summed E-state index contributed by atoms with van der Waals surface area (Å²) < 4.78 is 6.00. The second-order valence-corrected chi connectivity index (χ2v) is 9.59. The molecule has 0 spiro atoms. The summed E-state index contributed by atoms with van der Waals surface area (Å²) in [5.74, 6) is 1.27. The standard InChI is InChI=1S/C24H28ClNO5S/c1-2-20(26-30)17-7-8-21(18(24(17)29)12-15-4-5-15)31-10-3-11-32-22-9-6-16(13-19(22)25)14-23(27)28/h6-9,13,15,20,29H,2-5,10-12,14H2,1H3,(H,27,28). The molecule has 8 heteroatoms. The smallest absolute Gasteiger partial charge is 0.307 e. The molecule has 0 saturated heterocycles. The van der Waals surface area contributed by atoms with Crippen molar-refractivity contribution < 1.29 is 19.7 Å². The number of ether oxygens (including phenoxy) is 1. The van der Waals surface area contributed by atoms with Gasteiger partial charge in [-0.2, -0.15) is 4.91 Å². The minimum Gasteiger partial charge on any atom is -0.507 e. The molecule has 172 valence electrons. The van der Waals surface area contributed by atoms with Crippen molar-refractivity contribution in [2.75, 3.05) is 12.4 Å². The van der Waals surface area contributed by atoms with Gasteiger partial charge in [-0.3, -0.25) is 4.79 Å². The topological polar surface area (TPSA) is 96.2 Å². The summed E-state index contributed by atoms with van der Waals surface area (Å²) >= 11 is 7.87. The van der Waals surface area contributed by atoms with E-state index >= 15 is 0 Å². The molecule has 2 aromatic rings. The molecule has 0 heterocycles. The highest BCUT2D eigenvalue weighted by Crippen LogP contribution is 2.42. The fraction of sp³-hybridized carbons (Fsp3) is 0.458. The number of benzene rings is 2. The number of carboxylic acids is 1.